The predicted molar refractivity (Wildman–Crippen MR) is 54.5 cm³/mol. The number of hydrogen-bond donors (Lipinski definition) is 1. The van der Waals surface area contributed by atoms with Crippen molar-refractivity contribution in [1.29, 1.82) is 0 Å². The zero-order valence-electron chi connectivity index (χ0n) is 6.46. The lowest BCUT2D eigenvalue weighted by molar-refractivity contribution is 0.382. The Morgan fingerprint density at radius 2 is 2.25 bits per heavy atom. The molecule has 0 unspecified atom stereocenters. The van der Waals surface area contributed by atoms with Crippen molar-refractivity contribution in [3.8, 4) is 0 Å². The van der Waals surface area contributed by atoms with Crippen LogP contribution >= 0.6 is 28.3 Å². The molecule has 0 saturated carbocycles. The first-order valence-corrected chi connectivity index (χ1v) is 4.49. The Morgan fingerprint density at radius 1 is 1.50 bits per heavy atom. The molecule has 2 heterocycles. The van der Waals surface area contributed by atoms with E-state index in [9.17, 15) is 0 Å². The zero-order valence-corrected chi connectivity index (χ0v) is 8.86. The van der Waals surface area contributed by atoms with E-state index in [1.165, 1.54) is 12.0 Å². The SMILES string of the molecule is Brc1cncc([C@H]2CCN2)c1.Cl. The first kappa shape index (κ1) is 9.96. The lowest BCUT2D eigenvalue weighted by atomic mass is 10.0. The number of aromatic nitrogens is 1. The molecular formula is C8H10BrClN2. The summed E-state index contributed by atoms with van der Waals surface area (Å²) in [5.41, 5.74) is 1.28. The highest BCUT2D eigenvalue weighted by Gasteiger charge is 2.18. The van der Waals surface area contributed by atoms with Crippen molar-refractivity contribution < 1.29 is 0 Å². The molecular weight excluding hydrogens is 239 g/mol. The van der Waals surface area contributed by atoms with Gasteiger partial charge >= 0.3 is 0 Å². The van der Waals surface area contributed by atoms with Gasteiger partial charge in [-0.2, -0.15) is 0 Å². The summed E-state index contributed by atoms with van der Waals surface area (Å²) in [5, 5.41) is 3.33. The molecule has 2 rings (SSSR count). The van der Waals surface area contributed by atoms with Crippen LogP contribution in [0.3, 0.4) is 0 Å². The number of hydrogen-bond acceptors (Lipinski definition) is 2. The zero-order chi connectivity index (χ0) is 7.68. The van der Waals surface area contributed by atoms with Gasteiger partial charge in [0.05, 0.1) is 0 Å². The monoisotopic (exact) mass is 248 g/mol. The van der Waals surface area contributed by atoms with Crippen molar-refractivity contribution >= 4 is 28.3 Å². The lowest BCUT2D eigenvalue weighted by Crippen LogP contribution is -2.34. The standard InChI is InChI=1S/C8H9BrN2.ClH/c9-7-3-6(4-10-5-7)8-1-2-11-8;/h3-5,8,11H,1-2H2;1H/t8-;/m1./s1. The molecule has 1 N–H and O–H groups in total. The van der Waals surface area contributed by atoms with E-state index in [0.717, 1.165) is 11.0 Å². The van der Waals surface area contributed by atoms with Crippen molar-refractivity contribution in [2.45, 2.75) is 12.5 Å². The summed E-state index contributed by atoms with van der Waals surface area (Å²) < 4.78 is 1.06. The van der Waals surface area contributed by atoms with E-state index >= 15 is 0 Å². The predicted octanol–water partition coefficient (Wildman–Crippen LogP) is 2.30. The van der Waals surface area contributed by atoms with E-state index < -0.39 is 0 Å². The van der Waals surface area contributed by atoms with E-state index in [1.807, 2.05) is 12.4 Å². The third kappa shape index (κ3) is 1.97. The average molecular weight is 250 g/mol. The number of nitrogens with one attached hydrogen (secondary N) is 1. The molecule has 1 aromatic heterocycles. The van der Waals surface area contributed by atoms with Crippen LogP contribution in [0.15, 0.2) is 22.9 Å². The minimum atomic E-state index is 0. The van der Waals surface area contributed by atoms with Crippen molar-refractivity contribution in [3.63, 3.8) is 0 Å². The Morgan fingerprint density at radius 3 is 2.75 bits per heavy atom. The van der Waals surface area contributed by atoms with E-state index in [4.69, 9.17) is 0 Å². The Labute approximate surface area is 86.3 Å². The van der Waals surface area contributed by atoms with Gasteiger partial charge in [-0.15, -0.1) is 12.4 Å². The molecule has 1 saturated heterocycles. The van der Waals surface area contributed by atoms with E-state index in [0.29, 0.717) is 6.04 Å². The van der Waals surface area contributed by atoms with Gasteiger partial charge in [0.25, 0.3) is 0 Å². The molecule has 2 nitrogen and oxygen atoms in total. The maximum absolute atomic E-state index is 4.10. The second-order valence-electron chi connectivity index (χ2n) is 2.73. The van der Waals surface area contributed by atoms with Gasteiger partial charge in [0.15, 0.2) is 0 Å². The van der Waals surface area contributed by atoms with Crippen molar-refractivity contribution in [2.75, 3.05) is 6.54 Å². The molecule has 0 amide bonds. The van der Waals surface area contributed by atoms with Crippen LogP contribution in [0, 0.1) is 0 Å². The molecule has 1 aliphatic heterocycles. The van der Waals surface area contributed by atoms with E-state index in [1.54, 1.807) is 0 Å². The highest BCUT2D eigenvalue weighted by molar-refractivity contribution is 9.10. The van der Waals surface area contributed by atoms with Crippen LogP contribution in [0.2, 0.25) is 0 Å². The van der Waals surface area contributed by atoms with Gasteiger partial charge in [-0.25, -0.2) is 0 Å². The van der Waals surface area contributed by atoms with Crippen molar-refractivity contribution in [2.24, 2.45) is 0 Å². The van der Waals surface area contributed by atoms with Crippen LogP contribution in [0.1, 0.15) is 18.0 Å². The fraction of sp³-hybridized carbons (Fsp3) is 0.375. The second-order valence-corrected chi connectivity index (χ2v) is 3.65. The largest absolute Gasteiger partial charge is 0.310 e. The number of pyridine rings is 1. The highest BCUT2D eigenvalue weighted by Crippen LogP contribution is 2.23. The summed E-state index contributed by atoms with van der Waals surface area (Å²) in [5.74, 6) is 0. The molecule has 0 aromatic carbocycles. The first-order chi connectivity index (χ1) is 5.36. The van der Waals surface area contributed by atoms with Crippen LogP contribution in [0.4, 0.5) is 0 Å². The molecule has 0 radical (unpaired) electrons. The average Bonchev–Trinajstić information content (AvgIpc) is 1.83. The maximum Gasteiger partial charge on any atom is 0.0410 e. The Kier molecular flexibility index (Phi) is 3.50. The summed E-state index contributed by atoms with van der Waals surface area (Å²) in [6.07, 6.45) is 4.96. The highest BCUT2D eigenvalue weighted by atomic mass is 79.9. The maximum atomic E-state index is 4.10. The number of halogens is 2. The van der Waals surface area contributed by atoms with Crippen LogP contribution in [-0.4, -0.2) is 11.5 Å². The topological polar surface area (TPSA) is 24.9 Å². The molecule has 66 valence electrons. The van der Waals surface area contributed by atoms with Gasteiger partial charge in [-0.3, -0.25) is 4.98 Å². The Hall–Kier alpha value is -0.120. The molecule has 1 aromatic rings. The van der Waals surface area contributed by atoms with E-state index in [2.05, 4.69) is 32.3 Å². The fourth-order valence-electron chi connectivity index (χ4n) is 1.19. The van der Waals surface area contributed by atoms with Gasteiger partial charge in [-0.1, -0.05) is 0 Å². The third-order valence-electron chi connectivity index (χ3n) is 1.95. The van der Waals surface area contributed by atoms with Gasteiger partial charge in [0.2, 0.25) is 0 Å². The van der Waals surface area contributed by atoms with Gasteiger partial charge in [0, 0.05) is 22.9 Å². The smallest absolute Gasteiger partial charge is 0.0410 e. The van der Waals surface area contributed by atoms with Crippen LogP contribution in [0.5, 0.6) is 0 Å². The summed E-state index contributed by atoms with van der Waals surface area (Å²) in [6, 6.07) is 2.66. The summed E-state index contributed by atoms with van der Waals surface area (Å²) >= 11 is 3.39. The third-order valence-corrected chi connectivity index (χ3v) is 2.39. The summed E-state index contributed by atoms with van der Waals surface area (Å²) in [4.78, 5) is 4.10. The second kappa shape index (κ2) is 4.21. The molecule has 0 spiro atoms. The molecule has 1 fully saturated rings. The molecule has 12 heavy (non-hydrogen) atoms. The van der Waals surface area contributed by atoms with Crippen LogP contribution in [0.25, 0.3) is 0 Å². The molecule has 0 aliphatic carbocycles. The van der Waals surface area contributed by atoms with Gasteiger partial charge in [0.1, 0.15) is 0 Å². The Bertz CT molecular complexity index is 263. The van der Waals surface area contributed by atoms with Crippen LogP contribution < -0.4 is 5.32 Å². The van der Waals surface area contributed by atoms with E-state index in [-0.39, 0.29) is 12.4 Å². The minimum absolute atomic E-state index is 0. The first-order valence-electron chi connectivity index (χ1n) is 3.70. The number of nitrogens with zero attached hydrogens (tertiary/aromatic N) is 1. The summed E-state index contributed by atoms with van der Waals surface area (Å²) in [6.45, 7) is 1.14. The molecule has 1 aliphatic rings. The van der Waals surface area contributed by atoms with Crippen molar-refractivity contribution in [3.05, 3.63) is 28.5 Å². The lowest BCUT2D eigenvalue weighted by Gasteiger charge is -2.27. The van der Waals surface area contributed by atoms with Crippen molar-refractivity contribution in [1.82, 2.24) is 10.3 Å². The minimum Gasteiger partial charge on any atom is -0.310 e. The van der Waals surface area contributed by atoms with Crippen LogP contribution in [-0.2, 0) is 0 Å². The molecule has 1 atom stereocenters. The summed E-state index contributed by atoms with van der Waals surface area (Å²) in [7, 11) is 0. The quantitative estimate of drug-likeness (QED) is 0.826. The normalized spacial score (nSPS) is 20.9. The van der Waals surface area contributed by atoms with Gasteiger partial charge in [-0.05, 0) is 40.5 Å². The number of rotatable bonds is 1. The Balaban J connectivity index is 0.000000720. The fourth-order valence-corrected chi connectivity index (χ4v) is 1.57. The molecule has 4 heteroatoms. The molecule has 0 bridgehead atoms. The van der Waals surface area contributed by atoms with Gasteiger partial charge < -0.3 is 5.32 Å².